The van der Waals surface area contributed by atoms with Crippen molar-refractivity contribution in [1.29, 1.82) is 0 Å². The number of hydrogen-bond acceptors (Lipinski definition) is 5. The number of ether oxygens (including phenoxy) is 1. The zero-order valence-corrected chi connectivity index (χ0v) is 15.5. The van der Waals surface area contributed by atoms with Gasteiger partial charge in [-0.15, -0.1) is 0 Å². The van der Waals surface area contributed by atoms with Gasteiger partial charge in [0, 0.05) is 36.5 Å². The highest BCUT2D eigenvalue weighted by Gasteiger charge is 2.44. The lowest BCUT2D eigenvalue weighted by Crippen LogP contribution is -2.53. The Hall–Kier alpha value is -1.99. The van der Waals surface area contributed by atoms with E-state index < -0.39 is 10.0 Å². The van der Waals surface area contributed by atoms with Crippen molar-refractivity contribution in [2.24, 2.45) is 5.92 Å². The second-order valence-corrected chi connectivity index (χ2v) is 8.81. The van der Waals surface area contributed by atoms with Crippen molar-refractivity contribution in [3.63, 3.8) is 0 Å². The van der Waals surface area contributed by atoms with E-state index in [0.717, 1.165) is 25.7 Å². The summed E-state index contributed by atoms with van der Waals surface area (Å²) in [6.45, 7) is 0.260. The third-order valence-corrected chi connectivity index (χ3v) is 7.57. The molecule has 1 aromatic carbocycles. The fourth-order valence-electron chi connectivity index (χ4n) is 4.34. The number of ketones is 1. The Morgan fingerprint density at radius 3 is 2.81 bits per heavy atom. The van der Waals surface area contributed by atoms with E-state index in [1.165, 1.54) is 6.20 Å². The number of carbonyl (C=O) groups is 1. The number of sulfonamides is 1. The minimum absolute atomic E-state index is 0.157. The van der Waals surface area contributed by atoms with Gasteiger partial charge in [0.05, 0.1) is 12.0 Å². The quantitative estimate of drug-likeness (QED) is 0.826. The SMILES string of the molecule is COc1cccc2c(S(=O)(=O)N3CCC(=O)C4CCCCC43)ccnc12. The van der Waals surface area contributed by atoms with Gasteiger partial charge in [-0.2, -0.15) is 4.31 Å². The van der Waals surface area contributed by atoms with Gasteiger partial charge in [-0.05, 0) is 25.0 Å². The van der Waals surface area contributed by atoms with Crippen molar-refractivity contribution in [3.05, 3.63) is 30.5 Å². The predicted octanol–water partition coefficient (Wildman–Crippen LogP) is 2.77. The lowest BCUT2D eigenvalue weighted by atomic mass is 9.79. The summed E-state index contributed by atoms with van der Waals surface area (Å²) < 4.78 is 33.9. The number of fused-ring (bicyclic) bond motifs is 2. The fraction of sp³-hybridized carbons (Fsp3) is 0.474. The van der Waals surface area contributed by atoms with Crippen LogP contribution in [0.1, 0.15) is 32.1 Å². The summed E-state index contributed by atoms with van der Waals surface area (Å²) in [4.78, 5) is 16.8. The number of aromatic nitrogens is 1. The molecular formula is C19H22N2O4S. The van der Waals surface area contributed by atoms with E-state index in [1.54, 1.807) is 35.7 Å². The smallest absolute Gasteiger partial charge is 0.244 e. The first kappa shape index (κ1) is 17.4. The van der Waals surface area contributed by atoms with Crippen LogP contribution in [-0.4, -0.2) is 43.2 Å². The van der Waals surface area contributed by atoms with Crippen molar-refractivity contribution in [3.8, 4) is 5.75 Å². The zero-order chi connectivity index (χ0) is 18.3. The number of methoxy groups -OCH3 is 1. The van der Waals surface area contributed by atoms with Crippen LogP contribution in [0.5, 0.6) is 5.75 Å². The summed E-state index contributed by atoms with van der Waals surface area (Å²) in [7, 11) is -2.18. The maximum absolute atomic E-state index is 13.5. The number of benzene rings is 1. The largest absolute Gasteiger partial charge is 0.494 e. The van der Waals surface area contributed by atoms with Crippen molar-refractivity contribution in [2.75, 3.05) is 13.7 Å². The van der Waals surface area contributed by atoms with Crippen LogP contribution in [0.3, 0.4) is 0 Å². The normalized spacial score (nSPS) is 24.4. The molecule has 2 fully saturated rings. The molecule has 2 aromatic rings. The number of hydrogen-bond donors (Lipinski definition) is 0. The number of rotatable bonds is 3. The maximum atomic E-state index is 13.5. The highest BCUT2D eigenvalue weighted by molar-refractivity contribution is 7.89. The Morgan fingerprint density at radius 2 is 2.00 bits per heavy atom. The number of pyridine rings is 1. The van der Waals surface area contributed by atoms with E-state index in [9.17, 15) is 13.2 Å². The van der Waals surface area contributed by atoms with Crippen LogP contribution in [0.2, 0.25) is 0 Å². The van der Waals surface area contributed by atoms with E-state index >= 15 is 0 Å². The number of nitrogens with zero attached hydrogens (tertiary/aromatic N) is 2. The van der Waals surface area contributed by atoms with Gasteiger partial charge in [-0.3, -0.25) is 9.78 Å². The summed E-state index contributed by atoms with van der Waals surface area (Å²) in [5.74, 6) is 0.598. The molecule has 0 radical (unpaired) electrons. The van der Waals surface area contributed by atoms with Crippen molar-refractivity contribution < 1.29 is 17.9 Å². The van der Waals surface area contributed by atoms with E-state index in [1.807, 2.05) is 0 Å². The van der Waals surface area contributed by atoms with E-state index in [4.69, 9.17) is 4.74 Å². The molecule has 2 unspecified atom stereocenters. The average Bonchev–Trinajstić information content (AvgIpc) is 2.67. The molecule has 4 rings (SSSR count). The van der Waals surface area contributed by atoms with Crippen molar-refractivity contribution >= 4 is 26.7 Å². The third kappa shape index (κ3) is 2.70. The summed E-state index contributed by atoms with van der Waals surface area (Å²) in [5, 5.41) is 0.552. The first-order chi connectivity index (χ1) is 12.5. The maximum Gasteiger partial charge on any atom is 0.244 e. The standard InChI is InChI=1S/C19H22N2O4S/c1-25-17-8-4-6-14-18(9-11-20-19(14)17)26(23,24)21-12-10-16(22)13-5-2-3-7-15(13)21/h4,6,8-9,11,13,15H,2-3,5,7,10,12H2,1H3. The van der Waals surface area contributed by atoms with Crippen LogP contribution in [-0.2, 0) is 14.8 Å². The van der Waals surface area contributed by atoms with Gasteiger partial charge < -0.3 is 4.74 Å². The lowest BCUT2D eigenvalue weighted by Gasteiger charge is -2.42. The van der Waals surface area contributed by atoms with Crippen LogP contribution in [0.25, 0.3) is 10.9 Å². The second-order valence-electron chi connectivity index (χ2n) is 6.96. The molecule has 1 saturated carbocycles. The Bertz CT molecular complexity index is 957. The van der Waals surface area contributed by atoms with Crippen LogP contribution in [0.15, 0.2) is 35.4 Å². The molecule has 0 N–H and O–H groups in total. The monoisotopic (exact) mass is 374 g/mol. The van der Waals surface area contributed by atoms with Crippen LogP contribution >= 0.6 is 0 Å². The van der Waals surface area contributed by atoms with Gasteiger partial charge in [0.25, 0.3) is 0 Å². The van der Waals surface area contributed by atoms with E-state index in [2.05, 4.69) is 4.98 Å². The summed E-state index contributed by atoms with van der Waals surface area (Å²) in [6.07, 6.45) is 5.31. The fourth-order valence-corrected chi connectivity index (χ4v) is 6.21. The first-order valence-electron chi connectivity index (χ1n) is 9.00. The molecule has 1 aliphatic heterocycles. The van der Waals surface area contributed by atoms with Crippen LogP contribution < -0.4 is 4.74 Å². The van der Waals surface area contributed by atoms with Gasteiger partial charge in [0.15, 0.2) is 0 Å². The Morgan fingerprint density at radius 1 is 1.19 bits per heavy atom. The number of para-hydroxylation sites is 1. The van der Waals surface area contributed by atoms with Crippen molar-refractivity contribution in [2.45, 2.75) is 43.0 Å². The van der Waals surface area contributed by atoms with Gasteiger partial charge in [0.1, 0.15) is 17.0 Å². The van der Waals surface area contributed by atoms with Gasteiger partial charge in [0.2, 0.25) is 10.0 Å². The average molecular weight is 374 g/mol. The van der Waals surface area contributed by atoms with Gasteiger partial charge in [-0.25, -0.2) is 8.42 Å². The molecule has 1 aromatic heterocycles. The summed E-state index contributed by atoms with van der Waals surface area (Å²) in [6, 6.07) is 6.62. The minimum Gasteiger partial charge on any atom is -0.494 e. The topological polar surface area (TPSA) is 76.6 Å². The Balaban J connectivity index is 1.82. The highest BCUT2D eigenvalue weighted by Crippen LogP contribution is 2.38. The predicted molar refractivity (Wildman–Crippen MR) is 97.6 cm³/mol. The molecular weight excluding hydrogens is 352 g/mol. The molecule has 2 aliphatic rings. The first-order valence-corrected chi connectivity index (χ1v) is 10.4. The van der Waals surface area contributed by atoms with E-state index in [-0.39, 0.29) is 29.2 Å². The molecule has 0 spiro atoms. The van der Waals surface area contributed by atoms with Crippen LogP contribution in [0, 0.1) is 5.92 Å². The van der Waals surface area contributed by atoms with Crippen LogP contribution in [0.4, 0.5) is 0 Å². The highest BCUT2D eigenvalue weighted by atomic mass is 32.2. The zero-order valence-electron chi connectivity index (χ0n) is 14.7. The Kier molecular flexibility index (Phi) is 4.44. The number of piperidine rings is 1. The number of Topliss-reactive ketones (excluding diaryl/α,β-unsaturated/α-hetero) is 1. The van der Waals surface area contributed by atoms with E-state index in [0.29, 0.717) is 23.1 Å². The van der Waals surface area contributed by atoms with Gasteiger partial charge in [-0.1, -0.05) is 25.0 Å². The van der Waals surface area contributed by atoms with Crippen molar-refractivity contribution in [1.82, 2.24) is 9.29 Å². The number of carbonyl (C=O) groups excluding carboxylic acids is 1. The second kappa shape index (κ2) is 6.63. The lowest BCUT2D eigenvalue weighted by molar-refractivity contribution is -0.128. The molecule has 26 heavy (non-hydrogen) atoms. The molecule has 1 saturated heterocycles. The minimum atomic E-state index is -3.72. The Labute approximate surface area is 153 Å². The molecule has 1 aliphatic carbocycles. The third-order valence-electron chi connectivity index (χ3n) is 5.59. The summed E-state index contributed by atoms with van der Waals surface area (Å²) in [5.41, 5.74) is 0.532. The molecule has 2 heterocycles. The molecule has 138 valence electrons. The molecule has 7 heteroatoms. The molecule has 0 bridgehead atoms. The molecule has 2 atom stereocenters. The molecule has 6 nitrogen and oxygen atoms in total. The summed E-state index contributed by atoms with van der Waals surface area (Å²) >= 11 is 0. The van der Waals surface area contributed by atoms with Gasteiger partial charge >= 0.3 is 0 Å². The molecule has 0 amide bonds.